The molecule has 0 saturated heterocycles. The second-order valence-corrected chi connectivity index (χ2v) is 20.4. The van der Waals surface area contributed by atoms with Gasteiger partial charge in [-0.05, 0) is 190 Å². The standard InChI is InChI=1S/C57H68/c1-39(2)14-12-15-40(3)53-28-29-54-52-27-26-51-38-47(30-32-56(51,4)55(52)31-33-57(53,54)5)44-24-22-43(23-25-44)45-20-13-21-46(34-45)50-36-48(41-16-8-6-9-17-41)35-49(37-50)42-18-10-7-11-19-42/h6-11,13,16-25,34-37,39-40,47,51-55H,12,14-15,26-33,38H2,1-5H3/t40-,47?,51+,52+,53-,54+,55+,56+,57-/m1/s1. The maximum Gasteiger partial charge on any atom is -0.0159 e. The summed E-state index contributed by atoms with van der Waals surface area (Å²) in [6.07, 6.45) is 17.5. The molecule has 4 saturated carbocycles. The molecule has 0 amide bonds. The molecule has 0 nitrogen and oxygen atoms in total. The zero-order chi connectivity index (χ0) is 39.1. The highest BCUT2D eigenvalue weighted by molar-refractivity contribution is 5.82. The average molecular weight is 753 g/mol. The maximum absolute atomic E-state index is 2.77. The third kappa shape index (κ3) is 7.49. The van der Waals surface area contributed by atoms with Crippen LogP contribution in [0.5, 0.6) is 0 Å². The van der Waals surface area contributed by atoms with Gasteiger partial charge in [-0.1, -0.05) is 157 Å². The molecule has 4 fully saturated rings. The SMILES string of the molecule is CC(C)CCC[C@@H](C)[C@H]1CC[C@H]2[C@@H]3CC[C@H]4CC(c5ccc(-c6cccc(-c7cc(-c8ccccc8)cc(-c8ccccc8)c7)c6)cc5)CC[C@]4(C)[C@H]3CC[C@]12C. The Labute approximate surface area is 345 Å². The largest absolute Gasteiger partial charge is 0.0628 e. The minimum absolute atomic E-state index is 0.542. The Balaban J connectivity index is 0.889. The van der Waals surface area contributed by atoms with Crippen LogP contribution in [-0.2, 0) is 0 Å². The molecule has 0 spiro atoms. The van der Waals surface area contributed by atoms with Crippen LogP contribution in [0.1, 0.15) is 123 Å². The summed E-state index contributed by atoms with van der Waals surface area (Å²) < 4.78 is 0. The highest BCUT2D eigenvalue weighted by Crippen LogP contribution is 2.69. The van der Waals surface area contributed by atoms with Crippen LogP contribution in [0.2, 0.25) is 0 Å². The van der Waals surface area contributed by atoms with E-state index < -0.39 is 0 Å². The van der Waals surface area contributed by atoms with Crippen LogP contribution in [-0.4, -0.2) is 0 Å². The number of hydrogen-bond acceptors (Lipinski definition) is 0. The molecule has 4 aliphatic rings. The highest BCUT2D eigenvalue weighted by atomic mass is 14.6. The van der Waals surface area contributed by atoms with Crippen molar-refractivity contribution in [1.82, 2.24) is 0 Å². The van der Waals surface area contributed by atoms with Crippen molar-refractivity contribution >= 4 is 0 Å². The minimum atomic E-state index is 0.542. The van der Waals surface area contributed by atoms with Crippen molar-refractivity contribution in [3.05, 3.63) is 133 Å². The van der Waals surface area contributed by atoms with Gasteiger partial charge < -0.3 is 0 Å². The monoisotopic (exact) mass is 753 g/mol. The van der Waals surface area contributed by atoms with Crippen LogP contribution in [0.15, 0.2) is 127 Å². The molecule has 0 aliphatic heterocycles. The third-order valence-corrected chi connectivity index (χ3v) is 16.9. The van der Waals surface area contributed by atoms with Crippen LogP contribution in [0.3, 0.4) is 0 Å². The van der Waals surface area contributed by atoms with Gasteiger partial charge in [-0.2, -0.15) is 0 Å². The van der Waals surface area contributed by atoms with Gasteiger partial charge >= 0.3 is 0 Å². The van der Waals surface area contributed by atoms with Gasteiger partial charge in [0, 0.05) is 0 Å². The van der Waals surface area contributed by atoms with E-state index in [0.717, 1.165) is 41.4 Å². The van der Waals surface area contributed by atoms with Crippen LogP contribution in [0.25, 0.3) is 44.5 Å². The van der Waals surface area contributed by atoms with Gasteiger partial charge in [0.25, 0.3) is 0 Å². The second-order valence-electron chi connectivity index (χ2n) is 20.4. The van der Waals surface area contributed by atoms with Crippen molar-refractivity contribution in [2.24, 2.45) is 52.3 Å². The normalized spacial score (nSPS) is 30.0. The number of benzene rings is 5. The minimum Gasteiger partial charge on any atom is -0.0628 e. The van der Waals surface area contributed by atoms with Crippen LogP contribution < -0.4 is 0 Å². The summed E-state index contributed by atoms with van der Waals surface area (Å²) in [6, 6.07) is 47.7. The topological polar surface area (TPSA) is 0 Å². The van der Waals surface area contributed by atoms with Crippen molar-refractivity contribution in [2.45, 2.75) is 118 Å². The summed E-state index contributed by atoms with van der Waals surface area (Å²) in [5, 5.41) is 0. The van der Waals surface area contributed by atoms with Crippen molar-refractivity contribution in [1.29, 1.82) is 0 Å². The van der Waals surface area contributed by atoms with Crippen molar-refractivity contribution in [2.75, 3.05) is 0 Å². The molecule has 1 unspecified atom stereocenters. The zero-order valence-electron chi connectivity index (χ0n) is 35.7. The molecule has 9 rings (SSSR count). The molecular formula is C57H68. The number of fused-ring (bicyclic) bond motifs is 5. The van der Waals surface area contributed by atoms with E-state index in [1.807, 2.05) is 0 Å². The smallest absolute Gasteiger partial charge is 0.0159 e. The number of hydrogen-bond donors (Lipinski definition) is 0. The summed E-state index contributed by atoms with van der Waals surface area (Å²) in [7, 11) is 0. The fraction of sp³-hybridized carbons (Fsp3) is 0.474. The Morgan fingerprint density at radius 2 is 1.04 bits per heavy atom. The molecule has 0 radical (unpaired) electrons. The third-order valence-electron chi connectivity index (χ3n) is 16.9. The molecule has 0 aromatic heterocycles. The zero-order valence-corrected chi connectivity index (χ0v) is 35.7. The van der Waals surface area contributed by atoms with Crippen LogP contribution in [0, 0.1) is 52.3 Å². The van der Waals surface area contributed by atoms with Gasteiger partial charge in [0.15, 0.2) is 0 Å². The Bertz CT molecular complexity index is 2050. The fourth-order valence-corrected chi connectivity index (χ4v) is 13.8. The molecule has 4 aliphatic carbocycles. The summed E-state index contributed by atoms with van der Waals surface area (Å²) >= 11 is 0. The molecule has 57 heavy (non-hydrogen) atoms. The van der Waals surface area contributed by atoms with Crippen LogP contribution >= 0.6 is 0 Å². The van der Waals surface area contributed by atoms with E-state index >= 15 is 0 Å². The van der Waals surface area contributed by atoms with E-state index in [4.69, 9.17) is 0 Å². The first-order chi connectivity index (χ1) is 27.7. The summed E-state index contributed by atoms with van der Waals surface area (Å²) in [6.45, 7) is 13.0. The molecule has 0 heterocycles. The fourth-order valence-electron chi connectivity index (χ4n) is 13.8. The summed E-state index contributed by atoms with van der Waals surface area (Å²) in [5.74, 6) is 7.21. The molecule has 5 aromatic carbocycles. The van der Waals surface area contributed by atoms with E-state index in [2.05, 4.69) is 162 Å². The second kappa shape index (κ2) is 16.0. The van der Waals surface area contributed by atoms with E-state index in [0.29, 0.717) is 16.7 Å². The highest BCUT2D eigenvalue weighted by Gasteiger charge is 2.60. The Kier molecular flexibility index (Phi) is 10.9. The first-order valence-electron chi connectivity index (χ1n) is 23.2. The molecule has 9 atom stereocenters. The Morgan fingerprint density at radius 3 is 1.68 bits per heavy atom. The van der Waals surface area contributed by atoms with Gasteiger partial charge in [0.1, 0.15) is 0 Å². The number of rotatable bonds is 10. The lowest BCUT2D eigenvalue weighted by molar-refractivity contribution is -0.117. The van der Waals surface area contributed by atoms with Gasteiger partial charge in [0.05, 0.1) is 0 Å². The maximum atomic E-state index is 2.77. The van der Waals surface area contributed by atoms with E-state index in [1.54, 1.807) is 5.56 Å². The van der Waals surface area contributed by atoms with Crippen molar-refractivity contribution in [3.8, 4) is 44.5 Å². The van der Waals surface area contributed by atoms with E-state index in [9.17, 15) is 0 Å². The molecule has 0 N–H and O–H groups in total. The van der Waals surface area contributed by atoms with Gasteiger partial charge in [0.2, 0.25) is 0 Å². The Morgan fingerprint density at radius 1 is 0.491 bits per heavy atom. The quantitative estimate of drug-likeness (QED) is 0.133. The first-order valence-corrected chi connectivity index (χ1v) is 23.2. The lowest BCUT2D eigenvalue weighted by Crippen LogP contribution is -2.53. The van der Waals surface area contributed by atoms with Crippen LogP contribution in [0.4, 0.5) is 0 Å². The predicted molar refractivity (Wildman–Crippen MR) is 244 cm³/mol. The lowest BCUT2D eigenvalue weighted by Gasteiger charge is -2.61. The lowest BCUT2D eigenvalue weighted by atomic mass is 9.43. The van der Waals surface area contributed by atoms with E-state index in [1.165, 1.54) is 122 Å². The molecule has 0 heteroatoms. The molecular weight excluding hydrogens is 685 g/mol. The van der Waals surface area contributed by atoms with Gasteiger partial charge in [-0.25, -0.2) is 0 Å². The molecule has 5 aromatic rings. The molecule has 0 bridgehead atoms. The Hall–Kier alpha value is -3.90. The summed E-state index contributed by atoms with van der Waals surface area (Å²) in [5.41, 5.74) is 12.9. The van der Waals surface area contributed by atoms with Gasteiger partial charge in [-0.3, -0.25) is 0 Å². The van der Waals surface area contributed by atoms with Gasteiger partial charge in [-0.15, -0.1) is 0 Å². The van der Waals surface area contributed by atoms with E-state index in [-0.39, 0.29) is 0 Å². The predicted octanol–water partition coefficient (Wildman–Crippen LogP) is 16.6. The summed E-state index contributed by atoms with van der Waals surface area (Å²) in [4.78, 5) is 0. The average Bonchev–Trinajstić information content (AvgIpc) is 3.61. The molecule has 296 valence electrons. The first kappa shape index (κ1) is 38.6. The van der Waals surface area contributed by atoms with Crippen molar-refractivity contribution < 1.29 is 0 Å². The van der Waals surface area contributed by atoms with Crippen molar-refractivity contribution in [3.63, 3.8) is 0 Å².